The fourth-order valence-electron chi connectivity index (χ4n) is 1.27. The van der Waals surface area contributed by atoms with Gasteiger partial charge in [-0.15, -0.1) is 0 Å². The van der Waals surface area contributed by atoms with E-state index in [9.17, 15) is 0 Å². The molecule has 94 valence electrons. The fourth-order valence-corrected chi connectivity index (χ4v) is 2.10. The van der Waals surface area contributed by atoms with Gasteiger partial charge in [0, 0.05) is 29.5 Å². The number of ether oxygens (including phenoxy) is 1. The van der Waals surface area contributed by atoms with Crippen LogP contribution < -0.4 is 10.5 Å². The molecule has 7 heteroatoms. The fraction of sp³-hybridized carbons (Fsp3) is 0.0909. The van der Waals surface area contributed by atoms with Gasteiger partial charge >= 0.3 is 0 Å². The number of hydrogen-bond donors (Lipinski definition) is 1. The summed E-state index contributed by atoms with van der Waals surface area (Å²) in [5.41, 5.74) is 6.10. The molecule has 1 aromatic heterocycles. The first-order chi connectivity index (χ1) is 8.61. The maximum Gasteiger partial charge on any atom is 0.242 e. The Hall–Kier alpha value is -0.880. The lowest BCUT2D eigenvalue weighted by atomic mass is 10.3. The second-order valence-electron chi connectivity index (χ2n) is 3.31. The maximum atomic E-state index is 6.05. The highest BCUT2D eigenvalue weighted by molar-refractivity contribution is 9.10. The molecule has 1 aromatic carbocycles. The molecule has 0 aliphatic heterocycles. The van der Waals surface area contributed by atoms with Crippen LogP contribution in [0.5, 0.6) is 11.6 Å². The molecular formula is C11H8BrCl2N3O. The van der Waals surface area contributed by atoms with Crippen molar-refractivity contribution >= 4 is 39.1 Å². The number of halogens is 3. The Labute approximate surface area is 122 Å². The van der Waals surface area contributed by atoms with Gasteiger partial charge in [-0.1, -0.05) is 23.2 Å². The molecule has 2 N–H and O–H groups in total. The van der Waals surface area contributed by atoms with E-state index in [0.29, 0.717) is 31.8 Å². The third-order valence-corrected chi connectivity index (χ3v) is 3.60. The normalized spacial score (nSPS) is 10.4. The van der Waals surface area contributed by atoms with Crippen molar-refractivity contribution in [1.82, 2.24) is 9.97 Å². The third-order valence-electron chi connectivity index (χ3n) is 2.11. The molecule has 2 rings (SSSR count). The highest BCUT2D eigenvalue weighted by Crippen LogP contribution is 2.36. The molecule has 0 aliphatic carbocycles. The molecule has 0 spiro atoms. The van der Waals surface area contributed by atoms with Gasteiger partial charge in [0.1, 0.15) is 11.4 Å². The first-order valence-electron chi connectivity index (χ1n) is 4.94. The van der Waals surface area contributed by atoms with Crippen molar-refractivity contribution in [2.45, 2.75) is 6.54 Å². The summed E-state index contributed by atoms with van der Waals surface area (Å²) in [7, 11) is 0. The van der Waals surface area contributed by atoms with Gasteiger partial charge in [-0.2, -0.15) is 0 Å². The van der Waals surface area contributed by atoms with E-state index < -0.39 is 0 Å². The van der Waals surface area contributed by atoms with Gasteiger partial charge in [-0.05, 0) is 22.0 Å². The Bertz CT molecular complexity index is 580. The third kappa shape index (κ3) is 2.92. The maximum absolute atomic E-state index is 6.05. The summed E-state index contributed by atoms with van der Waals surface area (Å²) in [6.07, 6.45) is 3.06. The number of rotatable bonds is 3. The Kier molecular flexibility index (Phi) is 4.40. The Morgan fingerprint density at radius 1 is 1.17 bits per heavy atom. The molecule has 1 heterocycles. The Morgan fingerprint density at radius 3 is 2.61 bits per heavy atom. The zero-order chi connectivity index (χ0) is 13.1. The predicted octanol–water partition coefficient (Wildman–Crippen LogP) is 3.80. The second kappa shape index (κ2) is 5.84. The predicted molar refractivity (Wildman–Crippen MR) is 74.2 cm³/mol. The topological polar surface area (TPSA) is 61.0 Å². The quantitative estimate of drug-likeness (QED) is 0.857. The minimum absolute atomic E-state index is 0.227. The lowest BCUT2D eigenvalue weighted by Gasteiger charge is -2.10. The molecule has 0 bridgehead atoms. The van der Waals surface area contributed by atoms with E-state index >= 15 is 0 Å². The van der Waals surface area contributed by atoms with Gasteiger partial charge in [0.25, 0.3) is 0 Å². The number of aromatic nitrogens is 2. The van der Waals surface area contributed by atoms with Crippen molar-refractivity contribution in [3.8, 4) is 11.6 Å². The van der Waals surface area contributed by atoms with Crippen LogP contribution in [0.3, 0.4) is 0 Å². The van der Waals surface area contributed by atoms with Crippen LogP contribution in [0.25, 0.3) is 0 Å². The van der Waals surface area contributed by atoms with E-state index in [0.717, 1.165) is 0 Å². The zero-order valence-electron chi connectivity index (χ0n) is 9.03. The average Bonchev–Trinajstić information content (AvgIpc) is 2.36. The van der Waals surface area contributed by atoms with Crippen LogP contribution in [0.4, 0.5) is 0 Å². The van der Waals surface area contributed by atoms with E-state index in [4.69, 9.17) is 33.7 Å². The van der Waals surface area contributed by atoms with Gasteiger partial charge < -0.3 is 10.5 Å². The van der Waals surface area contributed by atoms with Crippen LogP contribution in [0.2, 0.25) is 10.0 Å². The van der Waals surface area contributed by atoms with Crippen LogP contribution >= 0.6 is 39.1 Å². The Balaban J connectivity index is 2.37. The molecule has 0 atom stereocenters. The van der Waals surface area contributed by atoms with Crippen molar-refractivity contribution < 1.29 is 4.74 Å². The van der Waals surface area contributed by atoms with Gasteiger partial charge in [0.2, 0.25) is 5.88 Å². The molecule has 0 radical (unpaired) electrons. The smallest absolute Gasteiger partial charge is 0.242 e. The SMILES string of the molecule is NCc1nccnc1Oc1cc(Cl)c(Br)cc1Cl. The van der Waals surface area contributed by atoms with Gasteiger partial charge in [0.15, 0.2) is 0 Å². The van der Waals surface area contributed by atoms with Crippen molar-refractivity contribution in [2.24, 2.45) is 5.73 Å². The molecule has 0 saturated heterocycles. The van der Waals surface area contributed by atoms with Crippen molar-refractivity contribution in [1.29, 1.82) is 0 Å². The summed E-state index contributed by atoms with van der Waals surface area (Å²) < 4.78 is 6.27. The summed E-state index contributed by atoms with van der Waals surface area (Å²) in [6.45, 7) is 0.227. The lowest BCUT2D eigenvalue weighted by molar-refractivity contribution is 0.452. The van der Waals surface area contributed by atoms with Crippen molar-refractivity contribution in [2.75, 3.05) is 0 Å². The molecule has 4 nitrogen and oxygen atoms in total. The number of nitrogens with zero attached hydrogens (tertiary/aromatic N) is 2. The number of nitrogens with two attached hydrogens (primary N) is 1. The molecule has 0 amide bonds. The van der Waals surface area contributed by atoms with E-state index in [1.54, 1.807) is 18.3 Å². The largest absolute Gasteiger partial charge is 0.436 e. The standard InChI is InChI=1S/C11H8BrCl2N3O/c12-6-3-8(14)10(4-7(6)13)18-11-9(5-15)16-1-2-17-11/h1-4H,5,15H2. The van der Waals surface area contributed by atoms with Crippen molar-refractivity contribution in [3.63, 3.8) is 0 Å². The monoisotopic (exact) mass is 347 g/mol. The highest BCUT2D eigenvalue weighted by atomic mass is 79.9. The zero-order valence-corrected chi connectivity index (χ0v) is 12.1. The molecular weight excluding hydrogens is 341 g/mol. The average molecular weight is 349 g/mol. The van der Waals surface area contributed by atoms with E-state index in [2.05, 4.69) is 25.9 Å². The van der Waals surface area contributed by atoms with Gasteiger partial charge in [-0.3, -0.25) is 4.98 Å². The minimum atomic E-state index is 0.227. The van der Waals surface area contributed by atoms with Crippen molar-refractivity contribution in [3.05, 3.63) is 44.7 Å². The Morgan fingerprint density at radius 2 is 1.89 bits per heavy atom. The van der Waals surface area contributed by atoms with Crippen LogP contribution in [0, 0.1) is 0 Å². The van der Waals surface area contributed by atoms with E-state index in [1.807, 2.05) is 0 Å². The number of hydrogen-bond acceptors (Lipinski definition) is 4. The second-order valence-corrected chi connectivity index (χ2v) is 4.98. The summed E-state index contributed by atoms with van der Waals surface area (Å²) in [5.74, 6) is 0.723. The summed E-state index contributed by atoms with van der Waals surface area (Å²) in [6, 6.07) is 3.25. The molecule has 0 aliphatic rings. The number of benzene rings is 1. The molecule has 2 aromatic rings. The van der Waals surface area contributed by atoms with Crippen LogP contribution in [0.15, 0.2) is 29.0 Å². The minimum Gasteiger partial charge on any atom is -0.436 e. The lowest BCUT2D eigenvalue weighted by Crippen LogP contribution is -2.03. The van der Waals surface area contributed by atoms with E-state index in [-0.39, 0.29) is 6.54 Å². The van der Waals surface area contributed by atoms with Gasteiger partial charge in [-0.25, -0.2) is 4.98 Å². The van der Waals surface area contributed by atoms with Gasteiger partial charge in [0.05, 0.1) is 10.0 Å². The summed E-state index contributed by atoms with van der Waals surface area (Å²) in [4.78, 5) is 8.13. The molecule has 18 heavy (non-hydrogen) atoms. The molecule has 0 fully saturated rings. The van der Waals surface area contributed by atoms with E-state index in [1.165, 1.54) is 6.20 Å². The first-order valence-corrected chi connectivity index (χ1v) is 6.49. The van der Waals surface area contributed by atoms with Crippen LogP contribution in [-0.4, -0.2) is 9.97 Å². The van der Waals surface area contributed by atoms with Crippen LogP contribution in [-0.2, 0) is 6.54 Å². The summed E-state index contributed by atoms with van der Waals surface area (Å²) in [5, 5.41) is 0.910. The highest BCUT2D eigenvalue weighted by Gasteiger charge is 2.11. The molecule has 0 saturated carbocycles. The first kappa shape index (κ1) is 13.5. The summed E-state index contributed by atoms with van der Waals surface area (Å²) >= 11 is 15.3. The molecule has 0 unspecified atom stereocenters. The van der Waals surface area contributed by atoms with Crippen LogP contribution in [0.1, 0.15) is 5.69 Å².